The maximum Gasteiger partial charge on any atom is 0.308 e. The van der Waals surface area contributed by atoms with Gasteiger partial charge < -0.3 is 10.4 Å². The minimum absolute atomic E-state index is 0.0884. The fourth-order valence-corrected chi connectivity index (χ4v) is 3.12. The molecule has 0 radical (unpaired) electrons. The molecule has 116 valence electrons. The van der Waals surface area contributed by atoms with E-state index in [1.165, 1.54) is 0 Å². The minimum Gasteiger partial charge on any atom is -0.481 e. The molecule has 2 rings (SSSR count). The van der Waals surface area contributed by atoms with Crippen LogP contribution in [-0.4, -0.2) is 32.3 Å². The predicted octanol–water partition coefficient (Wildman–Crippen LogP) is 1.50. The Morgan fingerprint density at radius 3 is 2.90 bits per heavy atom. The van der Waals surface area contributed by atoms with E-state index in [0.29, 0.717) is 19.3 Å². The van der Waals surface area contributed by atoms with Crippen LogP contribution in [0.3, 0.4) is 0 Å². The Morgan fingerprint density at radius 1 is 1.52 bits per heavy atom. The molecule has 1 aromatic rings. The lowest BCUT2D eigenvalue weighted by molar-refractivity contribution is -0.146. The molecule has 6 nitrogen and oxygen atoms in total. The second kappa shape index (κ2) is 6.28. The minimum atomic E-state index is -0.815. The summed E-state index contributed by atoms with van der Waals surface area (Å²) in [5.74, 6) is -1.40. The molecule has 6 heteroatoms. The Balaban J connectivity index is 1.92. The molecular weight excluding hydrogens is 270 g/mol. The molecule has 2 unspecified atom stereocenters. The van der Waals surface area contributed by atoms with Crippen LogP contribution < -0.4 is 5.32 Å². The van der Waals surface area contributed by atoms with Crippen molar-refractivity contribution in [2.45, 2.75) is 51.0 Å². The molecule has 2 atom stereocenters. The number of carboxylic acids is 1. The van der Waals surface area contributed by atoms with Crippen LogP contribution >= 0.6 is 0 Å². The predicted molar refractivity (Wildman–Crippen MR) is 77.7 cm³/mol. The molecule has 21 heavy (non-hydrogen) atoms. The number of aryl methyl sites for hydroxylation is 2. The van der Waals surface area contributed by atoms with Gasteiger partial charge in [0, 0.05) is 19.7 Å². The highest BCUT2D eigenvalue weighted by atomic mass is 16.4. The van der Waals surface area contributed by atoms with Crippen LogP contribution in [0, 0.1) is 5.92 Å². The second-order valence-electron chi connectivity index (χ2n) is 6.12. The van der Waals surface area contributed by atoms with Crippen molar-refractivity contribution in [1.29, 1.82) is 0 Å². The summed E-state index contributed by atoms with van der Waals surface area (Å²) in [4.78, 5) is 23.5. The summed E-state index contributed by atoms with van der Waals surface area (Å²) in [5.41, 5.74) is 0.382. The summed E-state index contributed by atoms with van der Waals surface area (Å²) >= 11 is 0. The molecule has 0 bridgehead atoms. The molecule has 1 amide bonds. The van der Waals surface area contributed by atoms with E-state index in [-0.39, 0.29) is 5.91 Å². The van der Waals surface area contributed by atoms with Gasteiger partial charge >= 0.3 is 5.97 Å². The van der Waals surface area contributed by atoms with Crippen molar-refractivity contribution in [3.05, 3.63) is 18.0 Å². The molecule has 0 saturated heterocycles. The zero-order valence-electron chi connectivity index (χ0n) is 12.6. The van der Waals surface area contributed by atoms with Gasteiger partial charge in [0.2, 0.25) is 5.91 Å². The van der Waals surface area contributed by atoms with E-state index in [9.17, 15) is 14.7 Å². The van der Waals surface area contributed by atoms with E-state index in [1.54, 1.807) is 10.9 Å². The van der Waals surface area contributed by atoms with E-state index in [0.717, 1.165) is 24.8 Å². The normalized spacial score (nSPS) is 25.5. The van der Waals surface area contributed by atoms with Gasteiger partial charge in [-0.1, -0.05) is 12.8 Å². The number of rotatable bonds is 5. The van der Waals surface area contributed by atoms with E-state index in [4.69, 9.17) is 0 Å². The molecule has 1 aliphatic rings. The van der Waals surface area contributed by atoms with E-state index >= 15 is 0 Å². The molecule has 1 fully saturated rings. The standard InChI is InChI=1S/C15H23N3O3/c1-15(8-4-3-5-12(15)14(20)21)17-13(19)7-6-11-9-16-18(2)10-11/h9-10,12H,3-8H2,1-2H3,(H,17,19)(H,20,21). The highest BCUT2D eigenvalue weighted by molar-refractivity contribution is 5.79. The first kappa shape index (κ1) is 15.5. The number of carboxylic acid groups (broad SMARTS) is 1. The van der Waals surface area contributed by atoms with Crippen LogP contribution in [0.2, 0.25) is 0 Å². The Morgan fingerprint density at radius 2 is 2.29 bits per heavy atom. The van der Waals surface area contributed by atoms with Crippen LogP contribution in [0.25, 0.3) is 0 Å². The lowest BCUT2D eigenvalue weighted by atomic mass is 9.74. The number of hydrogen-bond acceptors (Lipinski definition) is 3. The van der Waals surface area contributed by atoms with Gasteiger partial charge in [0.25, 0.3) is 0 Å². The number of nitrogens with one attached hydrogen (secondary N) is 1. The summed E-state index contributed by atoms with van der Waals surface area (Å²) in [6.45, 7) is 1.85. The molecular formula is C15H23N3O3. The molecule has 2 N–H and O–H groups in total. The number of amides is 1. The van der Waals surface area contributed by atoms with Crippen LogP contribution in [0.1, 0.15) is 44.6 Å². The lowest BCUT2D eigenvalue weighted by Crippen LogP contribution is -2.55. The van der Waals surface area contributed by atoms with Crippen molar-refractivity contribution < 1.29 is 14.7 Å². The van der Waals surface area contributed by atoms with Crippen molar-refractivity contribution >= 4 is 11.9 Å². The first-order valence-corrected chi connectivity index (χ1v) is 7.42. The highest BCUT2D eigenvalue weighted by Gasteiger charge is 2.41. The van der Waals surface area contributed by atoms with Gasteiger partial charge in [0.05, 0.1) is 17.7 Å². The number of aliphatic carboxylic acids is 1. The summed E-state index contributed by atoms with van der Waals surface area (Å²) in [6, 6.07) is 0. The van der Waals surface area contributed by atoms with Gasteiger partial charge in [-0.05, 0) is 31.7 Å². The molecule has 1 saturated carbocycles. The van der Waals surface area contributed by atoms with E-state index in [2.05, 4.69) is 10.4 Å². The monoisotopic (exact) mass is 293 g/mol. The van der Waals surface area contributed by atoms with Gasteiger partial charge in [0.15, 0.2) is 0 Å². The Labute approximate surface area is 124 Å². The second-order valence-corrected chi connectivity index (χ2v) is 6.12. The average Bonchev–Trinajstić information content (AvgIpc) is 2.82. The molecule has 1 heterocycles. The van der Waals surface area contributed by atoms with Crippen molar-refractivity contribution in [2.24, 2.45) is 13.0 Å². The van der Waals surface area contributed by atoms with Crippen molar-refractivity contribution in [1.82, 2.24) is 15.1 Å². The van der Waals surface area contributed by atoms with Crippen LogP contribution in [0.4, 0.5) is 0 Å². The molecule has 0 aromatic carbocycles. The highest BCUT2D eigenvalue weighted by Crippen LogP contribution is 2.33. The first-order chi connectivity index (χ1) is 9.90. The number of carbonyl (C=O) groups is 2. The number of nitrogens with zero attached hydrogens (tertiary/aromatic N) is 2. The Hall–Kier alpha value is -1.85. The van der Waals surface area contributed by atoms with Gasteiger partial charge in [-0.15, -0.1) is 0 Å². The topological polar surface area (TPSA) is 84.2 Å². The van der Waals surface area contributed by atoms with Crippen LogP contribution in [0.15, 0.2) is 12.4 Å². The summed E-state index contributed by atoms with van der Waals surface area (Å²) in [6.07, 6.45) is 7.84. The first-order valence-electron chi connectivity index (χ1n) is 7.42. The fourth-order valence-electron chi connectivity index (χ4n) is 3.12. The van der Waals surface area contributed by atoms with Crippen molar-refractivity contribution in [3.8, 4) is 0 Å². The Kier molecular flexibility index (Phi) is 4.65. The van der Waals surface area contributed by atoms with Gasteiger partial charge in [-0.3, -0.25) is 14.3 Å². The molecule has 0 spiro atoms. The lowest BCUT2D eigenvalue weighted by Gasteiger charge is -2.39. The summed E-state index contributed by atoms with van der Waals surface area (Å²) < 4.78 is 1.70. The Bertz CT molecular complexity index is 526. The molecule has 1 aliphatic carbocycles. The third-order valence-electron chi connectivity index (χ3n) is 4.33. The summed E-state index contributed by atoms with van der Waals surface area (Å²) in [7, 11) is 1.84. The van der Waals surface area contributed by atoms with Crippen LogP contribution in [0.5, 0.6) is 0 Å². The third kappa shape index (κ3) is 3.83. The van der Waals surface area contributed by atoms with Gasteiger partial charge in [-0.25, -0.2) is 0 Å². The van der Waals surface area contributed by atoms with Gasteiger partial charge in [-0.2, -0.15) is 5.10 Å². The number of carbonyl (C=O) groups excluding carboxylic acids is 1. The van der Waals surface area contributed by atoms with Crippen LogP contribution in [-0.2, 0) is 23.1 Å². The fraction of sp³-hybridized carbons (Fsp3) is 0.667. The van der Waals surface area contributed by atoms with Crippen molar-refractivity contribution in [2.75, 3.05) is 0 Å². The maximum absolute atomic E-state index is 12.1. The zero-order chi connectivity index (χ0) is 15.5. The quantitative estimate of drug-likeness (QED) is 0.861. The SMILES string of the molecule is Cn1cc(CCC(=O)NC2(C)CCCCC2C(=O)O)cn1. The smallest absolute Gasteiger partial charge is 0.308 e. The van der Waals surface area contributed by atoms with Gasteiger partial charge in [0.1, 0.15) is 0 Å². The molecule has 0 aliphatic heterocycles. The number of hydrogen-bond donors (Lipinski definition) is 2. The summed E-state index contributed by atoms with van der Waals surface area (Å²) in [5, 5.41) is 16.4. The van der Waals surface area contributed by atoms with Crippen molar-refractivity contribution in [3.63, 3.8) is 0 Å². The third-order valence-corrected chi connectivity index (χ3v) is 4.33. The van der Waals surface area contributed by atoms with E-state index < -0.39 is 17.4 Å². The largest absolute Gasteiger partial charge is 0.481 e. The van der Waals surface area contributed by atoms with E-state index in [1.807, 2.05) is 20.2 Å². The average molecular weight is 293 g/mol. The number of aromatic nitrogens is 2. The maximum atomic E-state index is 12.1. The zero-order valence-corrected chi connectivity index (χ0v) is 12.6. The molecule has 1 aromatic heterocycles.